The molecule has 0 aromatic heterocycles. The first-order valence-electron chi connectivity index (χ1n) is 4.82. The fraction of sp³-hybridized carbons (Fsp3) is 0.778. The third-order valence-electron chi connectivity index (χ3n) is 2.09. The van der Waals surface area contributed by atoms with E-state index in [1.54, 1.807) is 0 Å². The average Bonchev–Trinajstić information content (AvgIpc) is 2.16. The van der Waals surface area contributed by atoms with Gasteiger partial charge in [-0.25, -0.2) is 5.06 Å². The van der Waals surface area contributed by atoms with Gasteiger partial charge in [0.1, 0.15) is 0 Å². The molecule has 0 saturated carbocycles. The zero-order valence-electron chi connectivity index (χ0n) is 8.48. The van der Waals surface area contributed by atoms with Gasteiger partial charge in [0, 0.05) is 0 Å². The Hall–Kier alpha value is -1.10. The number of nitrogens with zero attached hydrogens (tertiary/aromatic N) is 1. The summed E-state index contributed by atoms with van der Waals surface area (Å²) in [6, 6.07) is 0. The minimum absolute atomic E-state index is 0.0114. The van der Waals surface area contributed by atoms with Crippen LogP contribution in [0.15, 0.2) is 0 Å². The lowest BCUT2D eigenvalue weighted by molar-refractivity contribution is -0.154. The molecule has 0 aliphatic rings. The summed E-state index contributed by atoms with van der Waals surface area (Å²) in [7, 11) is 0. The third kappa shape index (κ3) is 5.53. The minimum Gasteiger partial charge on any atom is -0.369 e. The Labute approximate surface area is 83.8 Å². The molecule has 3 N–H and O–H groups in total. The van der Waals surface area contributed by atoms with Crippen LogP contribution in [0.4, 0.5) is 0 Å². The van der Waals surface area contributed by atoms with Gasteiger partial charge in [-0.2, -0.15) is 0 Å². The number of amides is 2. The second kappa shape index (κ2) is 7.32. The maximum Gasteiger partial charge on any atom is 0.233 e. The van der Waals surface area contributed by atoms with Crippen LogP contribution < -0.4 is 5.73 Å². The van der Waals surface area contributed by atoms with E-state index in [0.29, 0.717) is 11.5 Å². The van der Waals surface area contributed by atoms with Crippen molar-refractivity contribution in [2.24, 2.45) is 11.7 Å². The summed E-state index contributed by atoms with van der Waals surface area (Å²) in [5, 5.41) is 9.35. The topological polar surface area (TPSA) is 83.6 Å². The zero-order chi connectivity index (χ0) is 11.0. The second-order valence-corrected chi connectivity index (χ2v) is 3.32. The first-order chi connectivity index (χ1) is 6.61. The van der Waals surface area contributed by atoms with Crippen LogP contribution in [0, 0.1) is 5.92 Å². The van der Waals surface area contributed by atoms with Gasteiger partial charge in [-0.15, -0.1) is 0 Å². The van der Waals surface area contributed by atoms with Crippen LogP contribution in [-0.2, 0) is 9.59 Å². The molecular formula is C9H18N2O3. The highest BCUT2D eigenvalue weighted by molar-refractivity contribution is 5.77. The maximum absolute atomic E-state index is 10.9. The number of primary amides is 1. The van der Waals surface area contributed by atoms with E-state index in [0.717, 1.165) is 19.3 Å². The molecule has 0 aromatic carbocycles. The molecule has 0 saturated heterocycles. The Morgan fingerprint density at radius 1 is 1.57 bits per heavy atom. The number of hydrogen-bond acceptors (Lipinski definition) is 3. The molecule has 0 aliphatic heterocycles. The van der Waals surface area contributed by atoms with Gasteiger partial charge in [-0.05, 0) is 6.42 Å². The van der Waals surface area contributed by atoms with Gasteiger partial charge < -0.3 is 5.73 Å². The SMILES string of the molecule is CCCCCC(CN(O)C=O)C(N)=O. The Kier molecular flexibility index (Phi) is 6.74. The van der Waals surface area contributed by atoms with Gasteiger partial charge in [-0.1, -0.05) is 26.2 Å². The van der Waals surface area contributed by atoms with Crippen LogP contribution in [-0.4, -0.2) is 29.1 Å². The first-order valence-corrected chi connectivity index (χ1v) is 4.82. The molecule has 0 rings (SSSR count). The lowest BCUT2D eigenvalue weighted by Gasteiger charge is -2.16. The van der Waals surface area contributed by atoms with Crippen LogP contribution in [0.5, 0.6) is 0 Å². The van der Waals surface area contributed by atoms with Gasteiger partial charge in [0.15, 0.2) is 0 Å². The van der Waals surface area contributed by atoms with Gasteiger partial charge in [0.05, 0.1) is 12.5 Å². The first kappa shape index (κ1) is 12.9. The smallest absolute Gasteiger partial charge is 0.233 e. The number of nitrogens with two attached hydrogens (primary N) is 1. The summed E-state index contributed by atoms with van der Waals surface area (Å²) in [5.74, 6) is -0.918. The normalized spacial score (nSPS) is 12.1. The second-order valence-electron chi connectivity index (χ2n) is 3.32. The largest absolute Gasteiger partial charge is 0.369 e. The van der Waals surface area contributed by atoms with Crippen LogP contribution >= 0.6 is 0 Å². The van der Waals surface area contributed by atoms with E-state index in [9.17, 15) is 9.59 Å². The van der Waals surface area contributed by atoms with Gasteiger partial charge >= 0.3 is 0 Å². The number of hydroxylamine groups is 2. The lowest BCUT2D eigenvalue weighted by atomic mass is 10.0. The van der Waals surface area contributed by atoms with Crippen molar-refractivity contribution >= 4 is 12.3 Å². The molecule has 2 amide bonds. The van der Waals surface area contributed by atoms with Crippen LogP contribution in [0.2, 0.25) is 0 Å². The zero-order valence-corrected chi connectivity index (χ0v) is 8.48. The maximum atomic E-state index is 10.9. The van der Waals surface area contributed by atoms with Crippen molar-refractivity contribution < 1.29 is 14.8 Å². The highest BCUT2D eigenvalue weighted by Crippen LogP contribution is 2.10. The summed E-state index contributed by atoms with van der Waals surface area (Å²) in [5.41, 5.74) is 5.13. The summed E-state index contributed by atoms with van der Waals surface area (Å²) < 4.78 is 0. The Balaban J connectivity index is 3.89. The monoisotopic (exact) mass is 202 g/mol. The van der Waals surface area contributed by atoms with E-state index in [-0.39, 0.29) is 13.0 Å². The van der Waals surface area contributed by atoms with E-state index >= 15 is 0 Å². The summed E-state index contributed by atoms with van der Waals surface area (Å²) in [6.45, 7) is 2.05. The van der Waals surface area contributed by atoms with Crippen LogP contribution in [0.25, 0.3) is 0 Å². The predicted octanol–water partition coefficient (Wildman–Crippen LogP) is 0.516. The molecule has 0 spiro atoms. The molecule has 14 heavy (non-hydrogen) atoms. The fourth-order valence-corrected chi connectivity index (χ4v) is 1.23. The van der Waals surface area contributed by atoms with Crippen molar-refractivity contribution in [3.8, 4) is 0 Å². The van der Waals surface area contributed by atoms with E-state index in [2.05, 4.69) is 6.92 Å². The van der Waals surface area contributed by atoms with E-state index in [1.807, 2.05) is 0 Å². The summed E-state index contributed by atoms with van der Waals surface area (Å²) in [6.07, 6.45) is 3.86. The molecule has 0 radical (unpaired) electrons. The highest BCUT2D eigenvalue weighted by atomic mass is 16.5. The number of rotatable bonds is 8. The molecule has 0 bridgehead atoms. The van der Waals surface area contributed by atoms with E-state index in [4.69, 9.17) is 10.9 Å². The quantitative estimate of drug-likeness (QED) is 0.260. The van der Waals surface area contributed by atoms with E-state index in [1.165, 1.54) is 0 Å². The molecule has 1 atom stereocenters. The molecule has 5 nitrogen and oxygen atoms in total. The van der Waals surface area contributed by atoms with E-state index < -0.39 is 11.8 Å². The Bertz CT molecular complexity index is 185. The number of hydrogen-bond donors (Lipinski definition) is 2. The van der Waals surface area contributed by atoms with Crippen molar-refractivity contribution in [2.45, 2.75) is 32.6 Å². The summed E-state index contributed by atoms with van der Waals surface area (Å²) in [4.78, 5) is 21.0. The minimum atomic E-state index is -0.470. The van der Waals surface area contributed by atoms with Crippen molar-refractivity contribution in [2.75, 3.05) is 6.54 Å². The molecule has 0 aliphatic carbocycles. The fourth-order valence-electron chi connectivity index (χ4n) is 1.23. The molecule has 1 unspecified atom stereocenters. The molecule has 0 heterocycles. The van der Waals surface area contributed by atoms with Gasteiger partial charge in [0.2, 0.25) is 12.3 Å². The molecule has 0 fully saturated rings. The Morgan fingerprint density at radius 3 is 2.64 bits per heavy atom. The average molecular weight is 202 g/mol. The summed E-state index contributed by atoms with van der Waals surface area (Å²) >= 11 is 0. The van der Waals surface area contributed by atoms with Crippen molar-refractivity contribution in [3.63, 3.8) is 0 Å². The predicted molar refractivity (Wildman–Crippen MR) is 51.4 cm³/mol. The Morgan fingerprint density at radius 2 is 2.21 bits per heavy atom. The standard InChI is InChI=1S/C9H18N2O3/c1-2-3-4-5-8(9(10)13)6-11(14)7-12/h7-8,14H,2-6H2,1H3,(H2,10,13). The van der Waals surface area contributed by atoms with Gasteiger partial charge in [-0.3, -0.25) is 14.8 Å². The molecule has 82 valence electrons. The third-order valence-corrected chi connectivity index (χ3v) is 2.09. The van der Waals surface area contributed by atoms with Crippen molar-refractivity contribution in [1.82, 2.24) is 5.06 Å². The van der Waals surface area contributed by atoms with Crippen molar-refractivity contribution in [3.05, 3.63) is 0 Å². The van der Waals surface area contributed by atoms with Gasteiger partial charge in [0.25, 0.3) is 0 Å². The van der Waals surface area contributed by atoms with Crippen LogP contribution in [0.3, 0.4) is 0 Å². The van der Waals surface area contributed by atoms with Crippen molar-refractivity contribution in [1.29, 1.82) is 0 Å². The lowest BCUT2D eigenvalue weighted by Crippen LogP contribution is -2.34. The molecule has 5 heteroatoms. The van der Waals surface area contributed by atoms with Crippen LogP contribution in [0.1, 0.15) is 32.6 Å². The molecular weight excluding hydrogens is 184 g/mol. The highest BCUT2D eigenvalue weighted by Gasteiger charge is 2.17. The number of carbonyl (C=O) groups is 2. The number of carbonyl (C=O) groups excluding carboxylic acids is 2. The molecule has 0 aromatic rings. The number of unbranched alkanes of at least 4 members (excludes halogenated alkanes) is 2.